The van der Waals surface area contributed by atoms with Gasteiger partial charge in [0.15, 0.2) is 11.6 Å². The first-order chi connectivity index (χ1) is 9.49. The minimum absolute atomic E-state index is 0.0269. The van der Waals surface area contributed by atoms with Crippen LogP contribution in [-0.4, -0.2) is 6.61 Å². The van der Waals surface area contributed by atoms with Crippen molar-refractivity contribution in [3.63, 3.8) is 0 Å². The average Bonchev–Trinajstić information content (AvgIpc) is 2.42. The van der Waals surface area contributed by atoms with Gasteiger partial charge in [-0.1, -0.05) is 18.2 Å². The molecule has 0 aromatic heterocycles. The lowest BCUT2D eigenvalue weighted by atomic mass is 10.1. The number of benzene rings is 2. The van der Waals surface area contributed by atoms with E-state index in [1.807, 2.05) is 0 Å². The molecular formula is C15H14F3NO. The lowest BCUT2D eigenvalue weighted by Gasteiger charge is -2.15. The van der Waals surface area contributed by atoms with Gasteiger partial charge in [0.25, 0.3) is 0 Å². The third-order valence-corrected chi connectivity index (χ3v) is 2.95. The smallest absolute Gasteiger partial charge is 0.163 e. The van der Waals surface area contributed by atoms with Crippen molar-refractivity contribution in [2.45, 2.75) is 13.0 Å². The Morgan fingerprint density at radius 2 is 1.90 bits per heavy atom. The first-order valence-electron chi connectivity index (χ1n) is 6.07. The number of rotatable bonds is 4. The van der Waals surface area contributed by atoms with Crippen LogP contribution in [-0.2, 0) is 0 Å². The Bertz CT molecular complexity index is 616. The van der Waals surface area contributed by atoms with Crippen LogP contribution >= 0.6 is 0 Å². The molecule has 0 aliphatic heterocycles. The summed E-state index contributed by atoms with van der Waals surface area (Å²) in [6.45, 7) is 1.67. The number of hydrogen-bond acceptors (Lipinski definition) is 2. The molecule has 0 bridgehead atoms. The molecular weight excluding hydrogens is 267 g/mol. The van der Waals surface area contributed by atoms with E-state index in [2.05, 4.69) is 0 Å². The van der Waals surface area contributed by atoms with E-state index in [0.29, 0.717) is 5.75 Å². The van der Waals surface area contributed by atoms with Crippen molar-refractivity contribution in [3.8, 4) is 5.75 Å². The molecule has 2 N–H and O–H groups in total. The molecule has 0 saturated carbocycles. The van der Waals surface area contributed by atoms with Crippen molar-refractivity contribution >= 4 is 0 Å². The van der Waals surface area contributed by atoms with Gasteiger partial charge in [-0.15, -0.1) is 0 Å². The standard InChI is InChI=1S/C15H14F3NO/c1-9-5-6-10(16)7-14(9)20-8-13(19)11-3-2-4-12(17)15(11)18/h2-7,13H,8,19H2,1H3. The fourth-order valence-electron chi connectivity index (χ4n) is 1.81. The van der Waals surface area contributed by atoms with E-state index in [4.69, 9.17) is 10.5 Å². The van der Waals surface area contributed by atoms with E-state index < -0.39 is 23.5 Å². The summed E-state index contributed by atoms with van der Waals surface area (Å²) >= 11 is 0. The molecule has 1 unspecified atom stereocenters. The SMILES string of the molecule is Cc1ccc(F)cc1OCC(N)c1cccc(F)c1F. The van der Waals surface area contributed by atoms with Gasteiger partial charge in [-0.05, 0) is 24.6 Å². The molecule has 2 aromatic carbocycles. The summed E-state index contributed by atoms with van der Waals surface area (Å²) in [4.78, 5) is 0. The zero-order valence-electron chi connectivity index (χ0n) is 10.9. The van der Waals surface area contributed by atoms with Crippen LogP contribution in [0.1, 0.15) is 17.2 Å². The molecule has 2 nitrogen and oxygen atoms in total. The van der Waals surface area contributed by atoms with E-state index in [9.17, 15) is 13.2 Å². The van der Waals surface area contributed by atoms with Crippen molar-refractivity contribution in [2.24, 2.45) is 5.73 Å². The van der Waals surface area contributed by atoms with E-state index in [-0.39, 0.29) is 12.2 Å². The molecule has 2 aromatic rings. The van der Waals surface area contributed by atoms with Crippen molar-refractivity contribution in [2.75, 3.05) is 6.61 Å². The van der Waals surface area contributed by atoms with E-state index in [0.717, 1.165) is 11.6 Å². The maximum Gasteiger partial charge on any atom is 0.163 e. The molecule has 106 valence electrons. The van der Waals surface area contributed by atoms with E-state index in [1.54, 1.807) is 13.0 Å². The average molecular weight is 281 g/mol. The predicted octanol–water partition coefficient (Wildman–Crippen LogP) is 3.49. The summed E-state index contributed by atoms with van der Waals surface area (Å²) in [6.07, 6.45) is 0. The van der Waals surface area contributed by atoms with Crippen LogP contribution in [0.5, 0.6) is 5.75 Å². The summed E-state index contributed by atoms with van der Waals surface area (Å²) < 4.78 is 45.1. The summed E-state index contributed by atoms with van der Waals surface area (Å²) in [7, 11) is 0. The minimum Gasteiger partial charge on any atom is -0.491 e. The highest BCUT2D eigenvalue weighted by Crippen LogP contribution is 2.22. The molecule has 0 aliphatic carbocycles. The van der Waals surface area contributed by atoms with Crippen LogP contribution < -0.4 is 10.5 Å². The number of halogens is 3. The molecule has 1 atom stereocenters. The normalized spacial score (nSPS) is 12.2. The fraction of sp³-hybridized carbons (Fsp3) is 0.200. The molecule has 0 fully saturated rings. The minimum atomic E-state index is -0.987. The highest BCUT2D eigenvalue weighted by atomic mass is 19.2. The van der Waals surface area contributed by atoms with Crippen molar-refractivity contribution in [3.05, 3.63) is 65.0 Å². The van der Waals surface area contributed by atoms with Gasteiger partial charge in [-0.25, -0.2) is 13.2 Å². The van der Waals surface area contributed by atoms with Gasteiger partial charge in [-0.2, -0.15) is 0 Å². The van der Waals surface area contributed by atoms with Gasteiger partial charge >= 0.3 is 0 Å². The van der Waals surface area contributed by atoms with Crippen molar-refractivity contribution in [1.29, 1.82) is 0 Å². The zero-order valence-corrected chi connectivity index (χ0v) is 10.9. The van der Waals surface area contributed by atoms with Crippen LogP contribution in [0.2, 0.25) is 0 Å². The molecule has 0 saturated heterocycles. The maximum atomic E-state index is 13.6. The Kier molecular flexibility index (Phi) is 4.29. The molecule has 2 rings (SSSR count). The van der Waals surface area contributed by atoms with Crippen molar-refractivity contribution in [1.82, 2.24) is 0 Å². The number of nitrogens with two attached hydrogens (primary N) is 1. The van der Waals surface area contributed by atoms with Crippen LogP contribution in [0.3, 0.4) is 0 Å². The Hall–Kier alpha value is -2.01. The summed E-state index contributed by atoms with van der Waals surface area (Å²) in [5.74, 6) is -2.05. The fourth-order valence-corrected chi connectivity index (χ4v) is 1.81. The van der Waals surface area contributed by atoms with Crippen molar-refractivity contribution < 1.29 is 17.9 Å². The Morgan fingerprint density at radius 3 is 2.65 bits per heavy atom. The summed E-state index contributed by atoms with van der Waals surface area (Å²) in [5, 5.41) is 0. The Morgan fingerprint density at radius 1 is 1.15 bits per heavy atom. The lowest BCUT2D eigenvalue weighted by molar-refractivity contribution is 0.283. The molecule has 0 radical (unpaired) electrons. The molecule has 20 heavy (non-hydrogen) atoms. The second-order valence-corrected chi connectivity index (χ2v) is 4.47. The largest absolute Gasteiger partial charge is 0.491 e. The predicted molar refractivity (Wildman–Crippen MR) is 69.9 cm³/mol. The summed E-state index contributed by atoms with van der Waals surface area (Å²) in [6, 6.07) is 7.06. The van der Waals surface area contributed by atoms with Crippen LogP contribution in [0.4, 0.5) is 13.2 Å². The topological polar surface area (TPSA) is 35.2 Å². The number of ether oxygens (including phenoxy) is 1. The monoisotopic (exact) mass is 281 g/mol. The van der Waals surface area contributed by atoms with E-state index in [1.165, 1.54) is 24.3 Å². The Balaban J connectivity index is 2.10. The van der Waals surface area contributed by atoms with Gasteiger partial charge in [0.2, 0.25) is 0 Å². The van der Waals surface area contributed by atoms with Crippen LogP contribution in [0.15, 0.2) is 36.4 Å². The van der Waals surface area contributed by atoms with E-state index >= 15 is 0 Å². The second-order valence-electron chi connectivity index (χ2n) is 4.47. The number of aryl methyl sites for hydroxylation is 1. The number of hydrogen-bond donors (Lipinski definition) is 1. The van der Waals surface area contributed by atoms with Gasteiger partial charge in [0.1, 0.15) is 18.2 Å². The molecule has 5 heteroatoms. The molecule has 0 heterocycles. The van der Waals surface area contributed by atoms with Gasteiger partial charge in [-0.3, -0.25) is 0 Å². The quantitative estimate of drug-likeness (QED) is 0.931. The molecule has 0 aliphatic rings. The first-order valence-corrected chi connectivity index (χ1v) is 6.07. The third kappa shape index (κ3) is 3.11. The van der Waals surface area contributed by atoms with Gasteiger partial charge in [0.05, 0.1) is 6.04 Å². The highest BCUT2D eigenvalue weighted by Gasteiger charge is 2.15. The third-order valence-electron chi connectivity index (χ3n) is 2.95. The molecule has 0 amide bonds. The van der Waals surface area contributed by atoms with Gasteiger partial charge in [0, 0.05) is 11.6 Å². The van der Waals surface area contributed by atoms with Crippen LogP contribution in [0.25, 0.3) is 0 Å². The van der Waals surface area contributed by atoms with Gasteiger partial charge < -0.3 is 10.5 Å². The molecule has 0 spiro atoms. The first kappa shape index (κ1) is 14.4. The lowest BCUT2D eigenvalue weighted by Crippen LogP contribution is -2.21. The highest BCUT2D eigenvalue weighted by molar-refractivity contribution is 5.33. The Labute approximate surface area is 115 Å². The van der Waals surface area contributed by atoms with Crippen LogP contribution in [0, 0.1) is 24.4 Å². The maximum absolute atomic E-state index is 13.6. The summed E-state index contributed by atoms with van der Waals surface area (Å²) in [5.41, 5.74) is 6.54. The zero-order chi connectivity index (χ0) is 14.7. The second kappa shape index (κ2) is 5.96.